The molecule has 3 rings (SSSR count). The van der Waals surface area contributed by atoms with E-state index in [1.165, 1.54) is 12.1 Å². The summed E-state index contributed by atoms with van der Waals surface area (Å²) in [5.41, 5.74) is 0.544. The lowest BCUT2D eigenvalue weighted by Gasteiger charge is -2.26. The van der Waals surface area contributed by atoms with Crippen molar-refractivity contribution >= 4 is 62.4 Å². The van der Waals surface area contributed by atoms with Crippen LogP contribution in [0.25, 0.3) is 0 Å². The molecular formula is C22H27ClN4O4S2. The second kappa shape index (κ2) is 10.7. The molecule has 0 radical (unpaired) electrons. The van der Waals surface area contributed by atoms with E-state index in [9.17, 15) is 18.0 Å². The van der Waals surface area contributed by atoms with Gasteiger partial charge in [-0.25, -0.2) is 13.2 Å². The van der Waals surface area contributed by atoms with Crippen LogP contribution in [0, 0.1) is 5.41 Å². The smallest absolute Gasteiger partial charge is 0.321 e. The standard InChI is InChI=1S/C22H27ClN4O4S2/c1-22(2,15-23)20(28)24-16-6-8-17(9-7-16)26-33(30,31)19-5-3-4-18(14-19)25-21(29)27-10-12-32-13-11-27/h3-9,14,26H,10-13,15H2,1-2H3,(H,24,28)(H,25,29). The predicted octanol–water partition coefficient (Wildman–Crippen LogP) is 4.27. The molecule has 8 nitrogen and oxygen atoms in total. The maximum atomic E-state index is 12.9. The number of rotatable bonds is 7. The van der Waals surface area contributed by atoms with Gasteiger partial charge in [-0.3, -0.25) is 9.52 Å². The van der Waals surface area contributed by atoms with Gasteiger partial charge in [-0.2, -0.15) is 11.8 Å². The number of carbonyl (C=O) groups is 2. The Bertz CT molecular complexity index is 1100. The van der Waals surface area contributed by atoms with Crippen LogP contribution in [0.5, 0.6) is 0 Å². The Kier molecular flexibility index (Phi) is 8.14. The van der Waals surface area contributed by atoms with Gasteiger partial charge in [-0.15, -0.1) is 11.6 Å². The van der Waals surface area contributed by atoms with Gasteiger partial charge >= 0.3 is 6.03 Å². The van der Waals surface area contributed by atoms with E-state index in [0.717, 1.165) is 11.5 Å². The van der Waals surface area contributed by atoms with Gasteiger partial charge in [-0.05, 0) is 56.3 Å². The van der Waals surface area contributed by atoms with E-state index in [-0.39, 0.29) is 22.7 Å². The van der Waals surface area contributed by atoms with Crippen LogP contribution >= 0.6 is 23.4 Å². The van der Waals surface area contributed by atoms with Crippen LogP contribution in [0.2, 0.25) is 0 Å². The minimum absolute atomic E-state index is 0.0238. The van der Waals surface area contributed by atoms with Gasteiger partial charge in [0.2, 0.25) is 5.91 Å². The van der Waals surface area contributed by atoms with Crippen molar-refractivity contribution in [2.24, 2.45) is 5.41 Å². The third-order valence-electron chi connectivity index (χ3n) is 5.04. The van der Waals surface area contributed by atoms with E-state index in [2.05, 4.69) is 15.4 Å². The largest absolute Gasteiger partial charge is 0.326 e. The number of nitrogens with zero attached hydrogens (tertiary/aromatic N) is 1. The molecule has 0 saturated carbocycles. The molecule has 11 heteroatoms. The van der Waals surface area contributed by atoms with E-state index >= 15 is 0 Å². The van der Waals surface area contributed by atoms with Gasteiger partial charge in [-0.1, -0.05) is 6.07 Å². The van der Waals surface area contributed by atoms with Crippen LogP contribution in [0.15, 0.2) is 53.4 Å². The van der Waals surface area contributed by atoms with Crippen molar-refractivity contribution in [2.45, 2.75) is 18.7 Å². The van der Waals surface area contributed by atoms with Gasteiger partial charge in [0.25, 0.3) is 10.0 Å². The lowest BCUT2D eigenvalue weighted by Crippen LogP contribution is -2.40. The zero-order valence-corrected chi connectivity index (χ0v) is 20.8. The molecule has 0 spiro atoms. The van der Waals surface area contributed by atoms with Crippen LogP contribution in [0.1, 0.15) is 13.8 Å². The first-order valence-corrected chi connectivity index (χ1v) is 13.5. The Balaban J connectivity index is 1.66. The lowest BCUT2D eigenvalue weighted by atomic mass is 9.95. The summed E-state index contributed by atoms with van der Waals surface area (Å²) in [6.45, 7) is 4.80. The van der Waals surface area contributed by atoms with Gasteiger partial charge in [0, 0.05) is 47.5 Å². The third kappa shape index (κ3) is 6.78. The molecule has 3 N–H and O–H groups in total. The molecule has 178 valence electrons. The number of benzene rings is 2. The number of nitrogens with one attached hydrogen (secondary N) is 3. The van der Waals surface area contributed by atoms with Crippen molar-refractivity contribution in [2.75, 3.05) is 45.8 Å². The maximum absolute atomic E-state index is 12.9. The second-order valence-corrected chi connectivity index (χ2v) is 11.4. The number of anilines is 3. The van der Waals surface area contributed by atoms with Crippen LogP contribution in [-0.2, 0) is 14.8 Å². The van der Waals surface area contributed by atoms with Crippen LogP contribution < -0.4 is 15.4 Å². The van der Waals surface area contributed by atoms with Crippen molar-refractivity contribution in [3.63, 3.8) is 0 Å². The van der Waals surface area contributed by atoms with E-state index in [1.54, 1.807) is 66.9 Å². The van der Waals surface area contributed by atoms with E-state index in [0.29, 0.717) is 30.2 Å². The summed E-state index contributed by atoms with van der Waals surface area (Å²) in [7, 11) is -3.88. The molecule has 2 aromatic carbocycles. The number of hydrogen-bond acceptors (Lipinski definition) is 5. The fourth-order valence-corrected chi connectivity index (χ4v) is 5.04. The van der Waals surface area contributed by atoms with E-state index in [4.69, 9.17) is 11.6 Å². The molecule has 33 heavy (non-hydrogen) atoms. The predicted molar refractivity (Wildman–Crippen MR) is 135 cm³/mol. The van der Waals surface area contributed by atoms with E-state index in [1.807, 2.05) is 0 Å². The minimum Gasteiger partial charge on any atom is -0.326 e. The van der Waals surface area contributed by atoms with Crippen molar-refractivity contribution in [1.82, 2.24) is 4.90 Å². The SMILES string of the molecule is CC(C)(CCl)C(=O)Nc1ccc(NS(=O)(=O)c2cccc(NC(=O)N3CCSCC3)c2)cc1. The molecule has 1 aliphatic heterocycles. The molecule has 0 unspecified atom stereocenters. The fraction of sp³-hybridized carbons (Fsp3) is 0.364. The number of alkyl halides is 1. The zero-order chi connectivity index (χ0) is 24.1. The summed E-state index contributed by atoms with van der Waals surface area (Å²) < 4.78 is 28.2. The number of sulfonamides is 1. The van der Waals surface area contributed by atoms with Crippen molar-refractivity contribution in [1.29, 1.82) is 0 Å². The molecule has 0 aliphatic carbocycles. The first kappa shape index (κ1) is 25.2. The van der Waals surface area contributed by atoms with Gasteiger partial charge in [0.15, 0.2) is 0 Å². The maximum Gasteiger partial charge on any atom is 0.321 e. The Labute approximate surface area is 203 Å². The molecule has 3 amide bonds. The van der Waals surface area contributed by atoms with Crippen molar-refractivity contribution in [3.8, 4) is 0 Å². The fourth-order valence-electron chi connectivity index (χ4n) is 2.91. The van der Waals surface area contributed by atoms with Crippen molar-refractivity contribution < 1.29 is 18.0 Å². The Morgan fingerprint density at radius 2 is 1.64 bits per heavy atom. The number of carbonyl (C=O) groups excluding carboxylic acids is 2. The molecule has 1 aliphatic rings. The Morgan fingerprint density at radius 3 is 2.27 bits per heavy atom. The average Bonchev–Trinajstić information content (AvgIpc) is 2.81. The first-order chi connectivity index (χ1) is 15.6. The van der Waals surface area contributed by atoms with E-state index < -0.39 is 15.4 Å². The van der Waals surface area contributed by atoms with Crippen LogP contribution in [0.4, 0.5) is 21.9 Å². The highest BCUT2D eigenvalue weighted by atomic mass is 35.5. The molecule has 1 heterocycles. The Morgan fingerprint density at radius 1 is 1.00 bits per heavy atom. The highest BCUT2D eigenvalue weighted by Crippen LogP contribution is 2.23. The number of hydrogen-bond donors (Lipinski definition) is 3. The van der Waals surface area contributed by atoms with Crippen molar-refractivity contribution in [3.05, 3.63) is 48.5 Å². The normalized spacial score (nSPS) is 14.5. The summed E-state index contributed by atoms with van der Waals surface area (Å²) >= 11 is 7.62. The summed E-state index contributed by atoms with van der Waals surface area (Å²) in [4.78, 5) is 26.4. The third-order valence-corrected chi connectivity index (χ3v) is 8.03. The molecule has 0 aromatic heterocycles. The average molecular weight is 511 g/mol. The molecule has 1 fully saturated rings. The van der Waals surface area contributed by atoms with Gasteiger partial charge < -0.3 is 15.5 Å². The van der Waals surface area contributed by atoms with Gasteiger partial charge in [0.05, 0.1) is 10.3 Å². The summed E-state index contributed by atoms with van der Waals surface area (Å²) in [5, 5.41) is 5.53. The summed E-state index contributed by atoms with van der Waals surface area (Å²) in [5.74, 6) is 1.72. The monoisotopic (exact) mass is 510 g/mol. The number of urea groups is 1. The molecule has 0 atom stereocenters. The Hall–Kier alpha value is -2.43. The zero-order valence-electron chi connectivity index (χ0n) is 18.4. The number of halogens is 1. The first-order valence-electron chi connectivity index (χ1n) is 10.3. The highest BCUT2D eigenvalue weighted by molar-refractivity contribution is 7.99. The lowest BCUT2D eigenvalue weighted by molar-refractivity contribution is -0.122. The molecule has 1 saturated heterocycles. The number of thioether (sulfide) groups is 1. The second-order valence-electron chi connectivity index (χ2n) is 8.21. The quantitative estimate of drug-likeness (QED) is 0.482. The topological polar surface area (TPSA) is 108 Å². The minimum atomic E-state index is -3.88. The molecule has 2 aromatic rings. The highest BCUT2D eigenvalue weighted by Gasteiger charge is 2.26. The number of amides is 3. The molecule has 0 bridgehead atoms. The van der Waals surface area contributed by atoms with Gasteiger partial charge in [0.1, 0.15) is 0 Å². The summed E-state index contributed by atoms with van der Waals surface area (Å²) in [6.07, 6.45) is 0. The van der Waals surface area contributed by atoms with Crippen LogP contribution in [-0.4, -0.2) is 55.7 Å². The summed E-state index contributed by atoms with van der Waals surface area (Å²) in [6, 6.07) is 12.2. The van der Waals surface area contributed by atoms with Crippen LogP contribution in [0.3, 0.4) is 0 Å². The molecular weight excluding hydrogens is 484 g/mol.